The second-order valence-corrected chi connectivity index (χ2v) is 13.0. The third-order valence-electron chi connectivity index (χ3n) is 9.18. The molecule has 19 heteroatoms. The van der Waals surface area contributed by atoms with Gasteiger partial charge in [0.2, 0.25) is 18.3 Å². The maximum atomic E-state index is 12.5. The summed E-state index contributed by atoms with van der Waals surface area (Å²) in [6.45, 7) is -1.38. The minimum atomic E-state index is -1.94. The number of carbonyl (C=O) groups excluding carboxylic acids is 1. The summed E-state index contributed by atoms with van der Waals surface area (Å²) in [5.74, 6) is -3.44. The van der Waals surface area contributed by atoms with Gasteiger partial charge in [0.1, 0.15) is 78.8 Å². The van der Waals surface area contributed by atoms with E-state index in [1.54, 1.807) is 12.1 Å². The number of benzene rings is 2. The smallest absolute Gasteiger partial charge is 0.330 e. The van der Waals surface area contributed by atoms with E-state index >= 15 is 0 Å². The van der Waals surface area contributed by atoms with Crippen molar-refractivity contribution in [1.29, 1.82) is 0 Å². The number of rotatable bonds is 11. The molecule has 0 saturated carbocycles. The van der Waals surface area contributed by atoms with Crippen molar-refractivity contribution in [1.82, 2.24) is 0 Å². The average Bonchev–Trinajstić information content (AvgIpc) is 3.18. The lowest BCUT2D eigenvalue weighted by molar-refractivity contribution is -0.292. The van der Waals surface area contributed by atoms with Crippen LogP contribution in [0.2, 0.25) is 0 Å². The molecule has 0 spiro atoms. The number of ether oxygens (including phenoxy) is 7. The average molecular weight is 789 g/mol. The topological polar surface area (TPSA) is 304 Å². The lowest BCUT2D eigenvalue weighted by Gasteiger charge is -2.41. The van der Waals surface area contributed by atoms with Crippen LogP contribution >= 0.6 is 0 Å². The standard InChI is InChI=1S/C37H40O19/c1-50-23-9-16(8-20(41)28(23)43)35-24(12-19-21(52-35)10-18(40)11-22(19)53-36-33(48)31(46)29(44)25(13-38)55-36)54-37-34(49)32(47)30(45)26(56-37)14-51-27(42)7-4-15-2-5-17(39)6-3-15/h2-12,21,25-26,29-34,36-41,43-49H,13-14H2,1H3. The Morgan fingerprint density at radius 2 is 1.45 bits per heavy atom. The molecule has 11 N–H and O–H groups in total. The third-order valence-corrected chi connectivity index (χ3v) is 9.18. The Hall–Kier alpha value is -5.35. The number of aliphatic hydroxyl groups excluding tert-OH is 8. The number of phenols is 3. The van der Waals surface area contributed by atoms with Crippen LogP contribution in [0.1, 0.15) is 11.1 Å². The molecule has 2 aromatic rings. The van der Waals surface area contributed by atoms with Crippen molar-refractivity contribution in [2.24, 2.45) is 0 Å². The molecule has 6 rings (SSSR count). The number of aliphatic hydroxyl groups is 8. The van der Waals surface area contributed by atoms with Crippen LogP contribution in [0.4, 0.5) is 0 Å². The summed E-state index contributed by atoms with van der Waals surface area (Å²) in [4.78, 5) is 12.5. The number of phenolic OH excluding ortho intramolecular Hbond substituents is 3. The van der Waals surface area contributed by atoms with Gasteiger partial charge >= 0.3 is 5.97 Å². The number of methoxy groups -OCH3 is 1. The van der Waals surface area contributed by atoms with E-state index in [1.807, 2.05) is 0 Å². The summed E-state index contributed by atoms with van der Waals surface area (Å²) in [6.07, 6.45) is -12.4. The number of fused-ring (bicyclic) bond motifs is 1. The van der Waals surface area contributed by atoms with Gasteiger partial charge in [-0.1, -0.05) is 12.1 Å². The maximum absolute atomic E-state index is 12.5. The summed E-state index contributed by atoms with van der Waals surface area (Å²) in [6, 6.07) is 8.25. The fraction of sp³-hybridized carbons (Fsp3) is 0.378. The Labute approximate surface area is 317 Å². The van der Waals surface area contributed by atoms with Gasteiger partial charge in [-0.3, -0.25) is 0 Å². The van der Waals surface area contributed by atoms with Crippen LogP contribution in [0, 0.1) is 0 Å². The maximum Gasteiger partial charge on any atom is 0.330 e. The Morgan fingerprint density at radius 3 is 2.11 bits per heavy atom. The van der Waals surface area contributed by atoms with Gasteiger partial charge in [0, 0.05) is 29.4 Å². The first-order valence-electron chi connectivity index (χ1n) is 17.0. The molecular formula is C37H40O19. The van der Waals surface area contributed by atoms with Gasteiger partial charge in [0.25, 0.3) is 0 Å². The number of hydrogen-bond donors (Lipinski definition) is 11. The van der Waals surface area contributed by atoms with E-state index in [-0.39, 0.29) is 39.9 Å². The van der Waals surface area contributed by atoms with Gasteiger partial charge in [-0.25, -0.2) is 4.79 Å². The molecule has 56 heavy (non-hydrogen) atoms. The van der Waals surface area contributed by atoms with Crippen molar-refractivity contribution in [2.75, 3.05) is 20.3 Å². The highest BCUT2D eigenvalue weighted by molar-refractivity contribution is 5.87. The summed E-state index contributed by atoms with van der Waals surface area (Å²) in [7, 11) is 1.22. The van der Waals surface area contributed by atoms with E-state index in [4.69, 9.17) is 33.2 Å². The number of hydrogen-bond acceptors (Lipinski definition) is 19. The van der Waals surface area contributed by atoms with Gasteiger partial charge in [0.15, 0.2) is 23.0 Å². The van der Waals surface area contributed by atoms with E-state index in [2.05, 4.69) is 0 Å². The van der Waals surface area contributed by atoms with Crippen molar-refractivity contribution in [3.63, 3.8) is 0 Å². The largest absolute Gasteiger partial charge is 0.508 e. The quantitative estimate of drug-likeness (QED) is 0.0742. The molecule has 302 valence electrons. The fourth-order valence-corrected chi connectivity index (χ4v) is 6.10. The minimum Gasteiger partial charge on any atom is -0.508 e. The van der Waals surface area contributed by atoms with Crippen molar-refractivity contribution in [3.8, 4) is 23.0 Å². The molecule has 3 aliphatic heterocycles. The van der Waals surface area contributed by atoms with Crippen LogP contribution in [-0.2, 0) is 33.2 Å². The third kappa shape index (κ3) is 8.40. The molecule has 4 aliphatic rings. The summed E-state index contributed by atoms with van der Waals surface area (Å²) in [5.41, 5.74) is 0.638. The molecule has 2 aromatic carbocycles. The van der Waals surface area contributed by atoms with Crippen LogP contribution in [0.3, 0.4) is 0 Å². The first-order valence-corrected chi connectivity index (χ1v) is 17.0. The number of carbonyl (C=O) groups is 1. The minimum absolute atomic E-state index is 0.0121. The van der Waals surface area contributed by atoms with Crippen LogP contribution in [0.5, 0.6) is 23.0 Å². The lowest BCUT2D eigenvalue weighted by Crippen LogP contribution is -2.59. The van der Waals surface area contributed by atoms with E-state index < -0.39 is 104 Å². The van der Waals surface area contributed by atoms with Crippen molar-refractivity contribution in [3.05, 3.63) is 94.7 Å². The van der Waals surface area contributed by atoms with E-state index in [0.29, 0.717) is 5.56 Å². The molecule has 2 saturated heterocycles. The van der Waals surface area contributed by atoms with Gasteiger partial charge in [-0.05, 0) is 42.0 Å². The zero-order valence-corrected chi connectivity index (χ0v) is 29.3. The second kappa shape index (κ2) is 16.8. The van der Waals surface area contributed by atoms with Crippen LogP contribution in [0.15, 0.2) is 83.6 Å². The van der Waals surface area contributed by atoms with E-state index in [0.717, 1.165) is 18.2 Å². The molecule has 11 unspecified atom stereocenters. The highest BCUT2D eigenvalue weighted by Crippen LogP contribution is 2.44. The number of esters is 1. The predicted molar refractivity (Wildman–Crippen MR) is 186 cm³/mol. The van der Waals surface area contributed by atoms with Crippen molar-refractivity contribution < 1.29 is 94.1 Å². The number of aromatic hydroxyl groups is 3. The molecule has 0 bridgehead atoms. The zero-order chi connectivity index (χ0) is 40.4. The molecule has 11 atom stereocenters. The van der Waals surface area contributed by atoms with E-state index in [1.165, 1.54) is 43.5 Å². The van der Waals surface area contributed by atoms with Crippen LogP contribution in [-0.4, -0.2) is 150 Å². The van der Waals surface area contributed by atoms with Crippen LogP contribution < -0.4 is 4.74 Å². The molecule has 3 heterocycles. The van der Waals surface area contributed by atoms with Gasteiger partial charge in [0.05, 0.1) is 13.7 Å². The SMILES string of the molecule is COc1cc(C2=C(OC3OC(COC(=O)C=Cc4ccc(O)cc4)C(O)C(O)C3O)C=C3C(OC4OC(CO)C(O)C(O)C4O)=CC(O)=CC3O2)cc(O)c1O. The van der Waals surface area contributed by atoms with Gasteiger partial charge < -0.3 is 89.3 Å². The monoisotopic (exact) mass is 788 g/mol. The fourth-order valence-electron chi connectivity index (χ4n) is 6.10. The Kier molecular flexibility index (Phi) is 12.1. The van der Waals surface area contributed by atoms with Crippen molar-refractivity contribution >= 4 is 17.8 Å². The molecule has 19 nitrogen and oxygen atoms in total. The summed E-state index contributed by atoms with van der Waals surface area (Å²) < 4.78 is 39.7. The molecule has 1 aliphatic carbocycles. The molecular weight excluding hydrogens is 748 g/mol. The highest BCUT2D eigenvalue weighted by atomic mass is 16.7. The van der Waals surface area contributed by atoms with Crippen LogP contribution in [0.25, 0.3) is 11.8 Å². The summed E-state index contributed by atoms with van der Waals surface area (Å²) >= 11 is 0. The second-order valence-electron chi connectivity index (χ2n) is 13.0. The summed E-state index contributed by atoms with van der Waals surface area (Å²) in [5, 5.41) is 114. The normalized spacial score (nSPS) is 31.7. The van der Waals surface area contributed by atoms with E-state index in [9.17, 15) is 61.0 Å². The molecule has 2 fully saturated rings. The Bertz CT molecular complexity index is 1920. The molecule has 0 radical (unpaired) electrons. The Morgan fingerprint density at radius 1 is 0.804 bits per heavy atom. The first-order chi connectivity index (χ1) is 26.7. The zero-order valence-electron chi connectivity index (χ0n) is 29.3. The molecule has 0 amide bonds. The Balaban J connectivity index is 1.30. The molecule has 0 aromatic heterocycles. The van der Waals surface area contributed by atoms with Gasteiger partial charge in [-0.2, -0.15) is 0 Å². The highest BCUT2D eigenvalue weighted by Gasteiger charge is 2.48. The van der Waals surface area contributed by atoms with Gasteiger partial charge in [-0.15, -0.1) is 0 Å². The van der Waals surface area contributed by atoms with Crippen molar-refractivity contribution in [2.45, 2.75) is 67.5 Å². The first kappa shape index (κ1) is 40.3. The predicted octanol–water partition coefficient (Wildman–Crippen LogP) is -0.958. The number of allylic oxidation sites excluding steroid dienone is 2. The lowest BCUT2D eigenvalue weighted by atomic mass is 9.96.